The number of rotatable bonds is 3. The van der Waals surface area contributed by atoms with Crippen LogP contribution in [0.5, 0.6) is 0 Å². The second-order valence-corrected chi connectivity index (χ2v) is 8.30. The predicted molar refractivity (Wildman–Crippen MR) is 127 cm³/mol. The number of hydrogen-bond donors (Lipinski definition) is 0. The molecule has 3 heteroatoms. The highest BCUT2D eigenvalue weighted by Gasteiger charge is 2.16. The van der Waals surface area contributed by atoms with E-state index < -0.39 is 0 Å². The van der Waals surface area contributed by atoms with E-state index in [-0.39, 0.29) is 0 Å². The molecule has 4 aromatic rings. The van der Waals surface area contributed by atoms with Crippen molar-refractivity contribution >= 4 is 0 Å². The average Bonchev–Trinajstić information content (AvgIpc) is 2.72. The van der Waals surface area contributed by atoms with Crippen LogP contribution in [0.15, 0.2) is 60.8 Å². The lowest BCUT2D eigenvalue weighted by Gasteiger charge is -2.14. The second-order valence-electron chi connectivity index (χ2n) is 8.30. The lowest BCUT2D eigenvalue weighted by Crippen LogP contribution is -1.99. The van der Waals surface area contributed by atoms with E-state index in [1.807, 2.05) is 31.3 Å². The first-order valence-electron chi connectivity index (χ1n) is 10.4. The Bertz CT molecular complexity index is 1300. The third kappa shape index (κ3) is 4.11. The molecule has 31 heavy (non-hydrogen) atoms. The molecule has 0 bridgehead atoms. The molecule has 0 spiro atoms. The Hall–Kier alpha value is -3.77. The summed E-state index contributed by atoms with van der Waals surface area (Å²) < 4.78 is 0. The summed E-state index contributed by atoms with van der Waals surface area (Å²) in [5.41, 5.74) is 11.9. The third-order valence-corrected chi connectivity index (χ3v) is 5.49. The zero-order valence-electron chi connectivity index (χ0n) is 18.6. The smallest absolute Gasteiger partial charge is 0.0994 e. The maximum absolute atomic E-state index is 9.44. The summed E-state index contributed by atoms with van der Waals surface area (Å²) in [6.07, 6.45) is 1.82. The topological polar surface area (TPSA) is 49.6 Å². The van der Waals surface area contributed by atoms with Crippen molar-refractivity contribution in [2.75, 3.05) is 0 Å². The number of hydrogen-bond acceptors (Lipinski definition) is 3. The summed E-state index contributed by atoms with van der Waals surface area (Å²) in [5, 5.41) is 9.44. The fourth-order valence-electron chi connectivity index (χ4n) is 4.19. The minimum atomic E-state index is 0.658. The predicted octanol–water partition coefficient (Wildman–Crippen LogP) is 6.89. The first kappa shape index (κ1) is 20.5. The molecule has 0 atom stereocenters. The number of nitriles is 1. The van der Waals surface area contributed by atoms with Crippen LogP contribution in [0.2, 0.25) is 0 Å². The second kappa shape index (κ2) is 8.16. The summed E-state index contributed by atoms with van der Waals surface area (Å²) in [6.45, 7) is 10.4. The van der Waals surface area contributed by atoms with Gasteiger partial charge in [-0.05, 0) is 70.5 Å². The molecular formula is C28H25N3. The Morgan fingerprint density at radius 2 is 1.26 bits per heavy atom. The highest BCUT2D eigenvalue weighted by Crippen LogP contribution is 2.34. The van der Waals surface area contributed by atoms with Crippen LogP contribution in [0.4, 0.5) is 0 Å². The van der Waals surface area contributed by atoms with Crippen LogP contribution in [-0.2, 0) is 0 Å². The van der Waals surface area contributed by atoms with E-state index in [9.17, 15) is 5.26 Å². The zero-order valence-corrected chi connectivity index (χ0v) is 18.6. The lowest BCUT2D eigenvalue weighted by molar-refractivity contribution is 1.19. The van der Waals surface area contributed by atoms with Crippen molar-refractivity contribution in [3.8, 4) is 39.8 Å². The van der Waals surface area contributed by atoms with E-state index in [0.717, 1.165) is 39.3 Å². The normalized spacial score (nSPS) is 10.7. The molecule has 0 aliphatic rings. The van der Waals surface area contributed by atoms with Gasteiger partial charge in [0.2, 0.25) is 0 Å². The molecule has 0 aliphatic heterocycles. The summed E-state index contributed by atoms with van der Waals surface area (Å²) in [7, 11) is 0. The van der Waals surface area contributed by atoms with Crippen LogP contribution in [-0.4, -0.2) is 9.97 Å². The van der Waals surface area contributed by atoms with E-state index in [2.05, 4.69) is 70.2 Å². The molecule has 1 aromatic heterocycles. The first-order chi connectivity index (χ1) is 14.9. The van der Waals surface area contributed by atoms with E-state index in [1.165, 1.54) is 22.3 Å². The summed E-state index contributed by atoms with van der Waals surface area (Å²) in [6, 6.07) is 21.0. The van der Waals surface area contributed by atoms with E-state index in [1.54, 1.807) is 0 Å². The molecular weight excluding hydrogens is 378 g/mol. The van der Waals surface area contributed by atoms with Crippen molar-refractivity contribution in [3.05, 3.63) is 94.2 Å². The van der Waals surface area contributed by atoms with Gasteiger partial charge in [-0.1, -0.05) is 46.5 Å². The van der Waals surface area contributed by atoms with Crippen molar-refractivity contribution in [2.45, 2.75) is 34.6 Å². The van der Waals surface area contributed by atoms with Gasteiger partial charge >= 0.3 is 0 Å². The summed E-state index contributed by atoms with van der Waals surface area (Å²) in [5.74, 6) is 0. The Morgan fingerprint density at radius 3 is 1.81 bits per heavy atom. The molecule has 0 radical (unpaired) electrons. The van der Waals surface area contributed by atoms with E-state index in [0.29, 0.717) is 5.56 Å². The SMILES string of the molecule is Cc1cc(C)cc(-c2ncc(-c3cccc(C#N)c3C)nc2-c2cc(C)cc(C)c2)c1. The fourth-order valence-corrected chi connectivity index (χ4v) is 4.19. The molecule has 3 nitrogen and oxygen atoms in total. The lowest BCUT2D eigenvalue weighted by atomic mass is 9.97. The molecule has 0 aliphatic carbocycles. The van der Waals surface area contributed by atoms with Crippen LogP contribution in [0, 0.1) is 45.9 Å². The molecule has 0 saturated heterocycles. The Labute approximate surface area is 184 Å². The Balaban J connectivity index is 2.00. The molecule has 0 N–H and O–H groups in total. The van der Waals surface area contributed by atoms with Gasteiger partial charge in [0.1, 0.15) is 0 Å². The van der Waals surface area contributed by atoms with Gasteiger partial charge in [-0.3, -0.25) is 4.98 Å². The van der Waals surface area contributed by atoms with Gasteiger partial charge in [0.15, 0.2) is 0 Å². The van der Waals surface area contributed by atoms with Crippen LogP contribution in [0.1, 0.15) is 33.4 Å². The molecule has 0 saturated carbocycles. The summed E-state index contributed by atoms with van der Waals surface area (Å²) in [4.78, 5) is 9.99. The molecule has 4 rings (SSSR count). The van der Waals surface area contributed by atoms with E-state index in [4.69, 9.17) is 9.97 Å². The van der Waals surface area contributed by atoms with Gasteiger partial charge in [0.25, 0.3) is 0 Å². The van der Waals surface area contributed by atoms with Gasteiger partial charge in [-0.2, -0.15) is 5.26 Å². The molecule has 1 heterocycles. The number of aryl methyl sites for hydroxylation is 4. The fraction of sp³-hybridized carbons (Fsp3) is 0.179. The maximum Gasteiger partial charge on any atom is 0.0994 e. The first-order valence-corrected chi connectivity index (χ1v) is 10.4. The molecule has 0 amide bonds. The number of nitrogens with zero attached hydrogens (tertiary/aromatic N) is 3. The summed E-state index contributed by atoms with van der Waals surface area (Å²) >= 11 is 0. The minimum absolute atomic E-state index is 0.658. The van der Waals surface area contributed by atoms with Crippen molar-refractivity contribution in [1.29, 1.82) is 5.26 Å². The highest BCUT2D eigenvalue weighted by molar-refractivity contribution is 5.81. The number of benzene rings is 3. The van der Waals surface area contributed by atoms with Crippen LogP contribution in [0.3, 0.4) is 0 Å². The van der Waals surface area contributed by atoms with Gasteiger partial charge < -0.3 is 0 Å². The third-order valence-electron chi connectivity index (χ3n) is 5.49. The van der Waals surface area contributed by atoms with Crippen molar-refractivity contribution < 1.29 is 0 Å². The largest absolute Gasteiger partial charge is 0.252 e. The van der Waals surface area contributed by atoms with Crippen LogP contribution >= 0.6 is 0 Å². The minimum Gasteiger partial charge on any atom is -0.252 e. The zero-order chi connectivity index (χ0) is 22.1. The van der Waals surface area contributed by atoms with Crippen molar-refractivity contribution in [2.24, 2.45) is 0 Å². The van der Waals surface area contributed by atoms with Gasteiger partial charge in [0.05, 0.1) is 34.9 Å². The maximum atomic E-state index is 9.44. The van der Waals surface area contributed by atoms with Crippen molar-refractivity contribution in [1.82, 2.24) is 9.97 Å². The molecule has 0 unspecified atom stereocenters. The average molecular weight is 404 g/mol. The molecule has 152 valence electrons. The van der Waals surface area contributed by atoms with E-state index >= 15 is 0 Å². The number of aromatic nitrogens is 2. The Kier molecular flexibility index (Phi) is 5.40. The Morgan fingerprint density at radius 1 is 0.710 bits per heavy atom. The highest BCUT2D eigenvalue weighted by atomic mass is 14.8. The molecule has 3 aromatic carbocycles. The van der Waals surface area contributed by atoms with Gasteiger partial charge in [-0.15, -0.1) is 0 Å². The quantitative estimate of drug-likeness (QED) is 0.374. The van der Waals surface area contributed by atoms with Crippen molar-refractivity contribution in [3.63, 3.8) is 0 Å². The van der Waals surface area contributed by atoms with Crippen LogP contribution in [0.25, 0.3) is 33.8 Å². The molecule has 0 fully saturated rings. The van der Waals surface area contributed by atoms with Gasteiger partial charge in [0, 0.05) is 16.7 Å². The van der Waals surface area contributed by atoms with Crippen LogP contribution < -0.4 is 0 Å². The monoisotopic (exact) mass is 403 g/mol. The van der Waals surface area contributed by atoms with Gasteiger partial charge in [-0.25, -0.2) is 4.98 Å². The standard InChI is InChI=1S/C28H25N3/c1-17-9-18(2)12-23(11-17)27-28(24-13-19(3)10-20(4)14-24)31-26(16-30-27)25-8-6-7-22(15-29)21(25)5/h6-14,16H,1-5H3.